The molecule has 3 aromatic rings. The first-order valence-corrected chi connectivity index (χ1v) is 10.3. The number of para-hydroxylation sites is 1. The second-order valence-corrected chi connectivity index (χ2v) is 7.83. The smallest absolute Gasteiger partial charge is 0.186 e. The number of anilines is 1. The summed E-state index contributed by atoms with van der Waals surface area (Å²) in [5.41, 5.74) is 5.21. The first-order chi connectivity index (χ1) is 12.8. The van der Waals surface area contributed by atoms with E-state index < -0.39 is 0 Å². The highest BCUT2D eigenvalue weighted by Gasteiger charge is 2.08. The molecule has 0 atom stereocenters. The van der Waals surface area contributed by atoms with Crippen LogP contribution in [0.25, 0.3) is 16.3 Å². The SMILES string of the molecule is CN(CCOc1ccc(C=C2CSC=N2)cc1)c1nc2ccccc2s1. The Labute approximate surface area is 161 Å². The standard InChI is InChI=1S/C20H19N3OS2/c1-23(20-22-18-4-2-3-5-19(18)26-20)10-11-24-17-8-6-15(7-9-17)12-16-13-25-14-21-16/h2-9,12,14H,10-11,13H2,1H3. The van der Waals surface area contributed by atoms with Crippen LogP contribution in [0.4, 0.5) is 5.13 Å². The van der Waals surface area contributed by atoms with Crippen molar-refractivity contribution in [3.05, 3.63) is 59.8 Å². The average molecular weight is 382 g/mol. The summed E-state index contributed by atoms with van der Waals surface area (Å²) >= 11 is 3.43. The number of thioether (sulfide) groups is 1. The molecule has 0 aliphatic carbocycles. The van der Waals surface area contributed by atoms with E-state index in [0.29, 0.717) is 6.61 Å². The van der Waals surface area contributed by atoms with E-state index in [1.54, 1.807) is 23.1 Å². The molecule has 4 rings (SSSR count). The lowest BCUT2D eigenvalue weighted by molar-refractivity contribution is 0.326. The van der Waals surface area contributed by atoms with Gasteiger partial charge in [-0.25, -0.2) is 4.98 Å². The highest BCUT2D eigenvalue weighted by molar-refractivity contribution is 8.12. The summed E-state index contributed by atoms with van der Waals surface area (Å²) in [6.45, 7) is 1.41. The highest BCUT2D eigenvalue weighted by Crippen LogP contribution is 2.27. The Morgan fingerprint density at radius 3 is 2.77 bits per heavy atom. The molecule has 1 aliphatic heterocycles. The molecule has 0 spiro atoms. The fourth-order valence-electron chi connectivity index (χ4n) is 2.62. The van der Waals surface area contributed by atoms with Crippen molar-refractivity contribution in [3.63, 3.8) is 0 Å². The summed E-state index contributed by atoms with van der Waals surface area (Å²) in [5, 5.41) is 1.02. The van der Waals surface area contributed by atoms with Crippen molar-refractivity contribution < 1.29 is 4.74 Å². The number of hydrogen-bond acceptors (Lipinski definition) is 6. The number of aromatic nitrogens is 1. The molecule has 0 amide bonds. The van der Waals surface area contributed by atoms with Crippen LogP contribution in [0.2, 0.25) is 0 Å². The van der Waals surface area contributed by atoms with Crippen molar-refractivity contribution in [3.8, 4) is 5.75 Å². The molecule has 0 radical (unpaired) electrons. The predicted molar refractivity (Wildman–Crippen MR) is 114 cm³/mol. The van der Waals surface area contributed by atoms with Gasteiger partial charge in [-0.1, -0.05) is 35.6 Å². The molecular weight excluding hydrogens is 362 g/mol. The first kappa shape index (κ1) is 17.1. The zero-order chi connectivity index (χ0) is 17.8. The minimum absolute atomic E-state index is 0.619. The molecule has 2 aromatic carbocycles. The van der Waals surface area contributed by atoms with E-state index in [4.69, 9.17) is 4.74 Å². The van der Waals surface area contributed by atoms with Gasteiger partial charge in [-0.3, -0.25) is 4.99 Å². The van der Waals surface area contributed by atoms with Gasteiger partial charge in [0.25, 0.3) is 0 Å². The Morgan fingerprint density at radius 1 is 1.15 bits per heavy atom. The molecule has 0 fully saturated rings. The van der Waals surface area contributed by atoms with Gasteiger partial charge in [0.15, 0.2) is 5.13 Å². The zero-order valence-electron chi connectivity index (χ0n) is 14.5. The molecule has 0 unspecified atom stereocenters. The number of nitrogens with zero attached hydrogens (tertiary/aromatic N) is 3. The fourth-order valence-corrected chi connectivity index (χ4v) is 4.18. The van der Waals surface area contributed by atoms with E-state index in [2.05, 4.69) is 46.2 Å². The van der Waals surface area contributed by atoms with Crippen molar-refractivity contribution in [2.24, 2.45) is 4.99 Å². The Balaban J connectivity index is 1.31. The summed E-state index contributed by atoms with van der Waals surface area (Å²) in [6, 6.07) is 16.4. The number of benzene rings is 2. The largest absolute Gasteiger partial charge is 0.492 e. The van der Waals surface area contributed by atoms with Crippen LogP contribution in [0.5, 0.6) is 5.75 Å². The Kier molecular flexibility index (Phi) is 5.22. The van der Waals surface area contributed by atoms with E-state index in [1.807, 2.05) is 35.9 Å². The van der Waals surface area contributed by atoms with Crippen LogP contribution < -0.4 is 9.64 Å². The van der Waals surface area contributed by atoms with Crippen LogP contribution in [0.3, 0.4) is 0 Å². The first-order valence-electron chi connectivity index (χ1n) is 8.42. The van der Waals surface area contributed by atoms with Gasteiger partial charge >= 0.3 is 0 Å². The van der Waals surface area contributed by atoms with E-state index in [9.17, 15) is 0 Å². The minimum atomic E-state index is 0.619. The van der Waals surface area contributed by atoms with Gasteiger partial charge in [0, 0.05) is 12.8 Å². The van der Waals surface area contributed by atoms with Crippen LogP contribution >= 0.6 is 23.1 Å². The Morgan fingerprint density at radius 2 is 2.00 bits per heavy atom. The third kappa shape index (κ3) is 4.08. The number of likely N-dealkylation sites (N-methyl/N-ethyl adjacent to an activating group) is 1. The van der Waals surface area contributed by atoms with E-state index in [1.165, 1.54) is 4.70 Å². The molecule has 2 heterocycles. The van der Waals surface area contributed by atoms with Crippen molar-refractivity contribution >= 4 is 50.1 Å². The van der Waals surface area contributed by atoms with Crippen molar-refractivity contribution in [2.45, 2.75) is 0 Å². The summed E-state index contributed by atoms with van der Waals surface area (Å²) in [4.78, 5) is 11.1. The van der Waals surface area contributed by atoms with Gasteiger partial charge in [-0.05, 0) is 35.9 Å². The maximum atomic E-state index is 5.88. The zero-order valence-corrected chi connectivity index (χ0v) is 16.1. The van der Waals surface area contributed by atoms with E-state index >= 15 is 0 Å². The lowest BCUT2D eigenvalue weighted by Gasteiger charge is -2.16. The maximum absolute atomic E-state index is 5.88. The molecule has 26 heavy (non-hydrogen) atoms. The van der Waals surface area contributed by atoms with Crippen molar-refractivity contribution in [1.29, 1.82) is 0 Å². The summed E-state index contributed by atoms with van der Waals surface area (Å²) in [6.07, 6.45) is 2.11. The molecule has 0 saturated carbocycles. The second-order valence-electron chi connectivity index (χ2n) is 5.98. The highest BCUT2D eigenvalue weighted by atomic mass is 32.2. The second kappa shape index (κ2) is 7.93. The van der Waals surface area contributed by atoms with E-state index in [0.717, 1.165) is 40.0 Å². The van der Waals surface area contributed by atoms with Gasteiger partial charge in [0.1, 0.15) is 12.4 Å². The summed E-state index contributed by atoms with van der Waals surface area (Å²) in [7, 11) is 2.05. The molecule has 1 aromatic heterocycles. The Hall–Kier alpha value is -2.31. The number of fused-ring (bicyclic) bond motifs is 1. The van der Waals surface area contributed by atoms with Crippen LogP contribution in [0, 0.1) is 0 Å². The molecule has 0 saturated heterocycles. The van der Waals surface area contributed by atoms with Gasteiger partial charge in [-0.2, -0.15) is 0 Å². The van der Waals surface area contributed by atoms with Crippen molar-refractivity contribution in [2.75, 3.05) is 30.9 Å². The number of ether oxygens (including phenoxy) is 1. The van der Waals surface area contributed by atoms with Crippen molar-refractivity contribution in [1.82, 2.24) is 4.98 Å². The van der Waals surface area contributed by atoms with Gasteiger partial charge in [-0.15, -0.1) is 11.8 Å². The van der Waals surface area contributed by atoms with E-state index in [-0.39, 0.29) is 0 Å². The predicted octanol–water partition coefficient (Wildman–Crippen LogP) is 4.93. The number of hydrogen-bond donors (Lipinski definition) is 0. The van der Waals surface area contributed by atoms with Gasteiger partial charge in [0.2, 0.25) is 0 Å². The van der Waals surface area contributed by atoms with Crippen LogP contribution in [0.1, 0.15) is 5.56 Å². The molecule has 4 nitrogen and oxygen atoms in total. The number of thiazole rings is 1. The molecule has 132 valence electrons. The quantitative estimate of drug-likeness (QED) is 0.607. The average Bonchev–Trinajstić information content (AvgIpc) is 3.32. The molecule has 0 N–H and O–H groups in total. The fraction of sp³-hybridized carbons (Fsp3) is 0.200. The van der Waals surface area contributed by atoms with Gasteiger partial charge in [0.05, 0.1) is 28.0 Å². The Bertz CT molecular complexity index is 914. The number of rotatable bonds is 6. The van der Waals surface area contributed by atoms with Gasteiger partial charge < -0.3 is 9.64 Å². The summed E-state index contributed by atoms with van der Waals surface area (Å²) < 4.78 is 7.09. The molecule has 6 heteroatoms. The lowest BCUT2D eigenvalue weighted by Crippen LogP contribution is -2.23. The summed E-state index contributed by atoms with van der Waals surface area (Å²) in [5.74, 6) is 1.84. The normalized spacial score (nSPS) is 15.0. The molecule has 0 bridgehead atoms. The topological polar surface area (TPSA) is 37.7 Å². The third-order valence-electron chi connectivity index (χ3n) is 4.04. The monoisotopic (exact) mass is 381 g/mol. The maximum Gasteiger partial charge on any atom is 0.186 e. The van der Waals surface area contributed by atoms with Crippen LogP contribution in [-0.4, -0.2) is 36.5 Å². The molecule has 1 aliphatic rings. The van der Waals surface area contributed by atoms with Crippen LogP contribution in [-0.2, 0) is 0 Å². The number of aliphatic imine (C=N–C) groups is 1. The minimum Gasteiger partial charge on any atom is -0.492 e. The molecular formula is C20H19N3OS2. The van der Waals surface area contributed by atoms with Crippen LogP contribution in [0.15, 0.2) is 59.2 Å². The lowest BCUT2D eigenvalue weighted by atomic mass is 10.2. The third-order valence-corrected chi connectivity index (χ3v) is 5.91.